The van der Waals surface area contributed by atoms with Crippen molar-refractivity contribution in [3.05, 3.63) is 53.6 Å². The van der Waals surface area contributed by atoms with Gasteiger partial charge in [0.15, 0.2) is 0 Å². The molecule has 0 aliphatic rings. The van der Waals surface area contributed by atoms with Gasteiger partial charge >= 0.3 is 5.97 Å². The molecule has 2 aromatic rings. The lowest BCUT2D eigenvalue weighted by molar-refractivity contribution is -0.146. The summed E-state index contributed by atoms with van der Waals surface area (Å²) in [5, 5.41) is 0.662. The molecule has 0 saturated heterocycles. The fourth-order valence-corrected chi connectivity index (χ4v) is 2.26. The summed E-state index contributed by atoms with van der Waals surface area (Å²) in [6.45, 7) is 5.85. The van der Waals surface area contributed by atoms with Gasteiger partial charge in [0.2, 0.25) is 0 Å². The number of hydrogen-bond donors (Lipinski definition) is 0. The van der Waals surface area contributed by atoms with E-state index in [9.17, 15) is 4.79 Å². The molecule has 2 rings (SSSR count). The first-order valence-corrected chi connectivity index (χ1v) is 8.14. The van der Waals surface area contributed by atoms with E-state index in [-0.39, 0.29) is 12.4 Å². The Morgan fingerprint density at radius 1 is 0.958 bits per heavy atom. The zero-order valence-electron chi connectivity index (χ0n) is 14.0. The molecule has 0 aromatic heterocycles. The number of benzene rings is 2. The Morgan fingerprint density at radius 3 is 2.00 bits per heavy atom. The van der Waals surface area contributed by atoms with Crippen molar-refractivity contribution >= 4 is 17.6 Å². The van der Waals surface area contributed by atoms with Crippen molar-refractivity contribution in [2.75, 3.05) is 6.61 Å². The molecule has 0 amide bonds. The van der Waals surface area contributed by atoms with E-state index in [1.54, 1.807) is 43.3 Å². The summed E-state index contributed by atoms with van der Waals surface area (Å²) in [5.41, 5.74) is -0.648. The van der Waals surface area contributed by atoms with Gasteiger partial charge in [0, 0.05) is 5.02 Å². The standard InChI is InChI=1S/C19H21ClO4/c1-4-22-18(21)13-19(2,3)24-17-11-9-16(10-12-17)23-15-7-5-14(20)6-8-15/h5-12H,4,13H2,1-3H3. The summed E-state index contributed by atoms with van der Waals surface area (Å²) in [6.07, 6.45) is 0.184. The Hall–Kier alpha value is -2.20. The number of ether oxygens (including phenoxy) is 3. The van der Waals surface area contributed by atoms with Crippen LogP contribution < -0.4 is 9.47 Å². The number of hydrogen-bond acceptors (Lipinski definition) is 4. The van der Waals surface area contributed by atoms with Gasteiger partial charge in [-0.2, -0.15) is 0 Å². The fourth-order valence-electron chi connectivity index (χ4n) is 2.13. The summed E-state index contributed by atoms with van der Waals surface area (Å²) in [5.74, 6) is 1.78. The molecule has 0 spiro atoms. The van der Waals surface area contributed by atoms with Crippen LogP contribution in [0.4, 0.5) is 0 Å². The van der Waals surface area contributed by atoms with Gasteiger partial charge in [-0.1, -0.05) is 11.6 Å². The first-order chi connectivity index (χ1) is 11.4. The van der Waals surface area contributed by atoms with Crippen LogP contribution in [-0.2, 0) is 9.53 Å². The molecule has 0 atom stereocenters. The molecule has 0 saturated carbocycles. The second-order valence-electron chi connectivity index (χ2n) is 5.87. The molecule has 5 heteroatoms. The third-order valence-electron chi connectivity index (χ3n) is 3.14. The third-order valence-corrected chi connectivity index (χ3v) is 3.39. The van der Waals surface area contributed by atoms with Crippen molar-refractivity contribution in [1.29, 1.82) is 0 Å². The smallest absolute Gasteiger partial charge is 0.309 e. The maximum atomic E-state index is 11.6. The van der Waals surface area contributed by atoms with Gasteiger partial charge in [-0.3, -0.25) is 4.79 Å². The van der Waals surface area contributed by atoms with Gasteiger partial charge in [0.25, 0.3) is 0 Å². The van der Waals surface area contributed by atoms with E-state index in [4.69, 9.17) is 25.8 Å². The van der Waals surface area contributed by atoms with Crippen molar-refractivity contribution in [1.82, 2.24) is 0 Å². The lowest BCUT2D eigenvalue weighted by Gasteiger charge is -2.25. The second kappa shape index (κ2) is 8.06. The first kappa shape index (κ1) is 18.1. The molecule has 0 aliphatic carbocycles. The van der Waals surface area contributed by atoms with E-state index in [1.165, 1.54) is 0 Å². The number of esters is 1. The highest BCUT2D eigenvalue weighted by Crippen LogP contribution is 2.27. The number of halogens is 1. The predicted octanol–water partition coefficient (Wildman–Crippen LogP) is 5.24. The van der Waals surface area contributed by atoms with Crippen LogP contribution in [0.2, 0.25) is 5.02 Å². The highest BCUT2D eigenvalue weighted by molar-refractivity contribution is 6.30. The average Bonchev–Trinajstić information content (AvgIpc) is 2.51. The van der Waals surface area contributed by atoms with E-state index in [2.05, 4.69) is 0 Å². The first-order valence-electron chi connectivity index (χ1n) is 7.76. The van der Waals surface area contributed by atoms with Crippen molar-refractivity contribution in [3.8, 4) is 17.2 Å². The van der Waals surface area contributed by atoms with Crippen LogP contribution in [0.5, 0.6) is 17.2 Å². The molecular weight excluding hydrogens is 328 g/mol. The van der Waals surface area contributed by atoms with Crippen LogP contribution in [0.3, 0.4) is 0 Å². The Bertz CT molecular complexity index is 663. The maximum absolute atomic E-state index is 11.6. The van der Waals surface area contributed by atoms with Crippen molar-refractivity contribution in [3.63, 3.8) is 0 Å². The van der Waals surface area contributed by atoms with Crippen LogP contribution in [-0.4, -0.2) is 18.2 Å². The van der Waals surface area contributed by atoms with E-state index in [0.29, 0.717) is 28.9 Å². The molecular formula is C19H21ClO4. The lowest BCUT2D eigenvalue weighted by atomic mass is 10.1. The largest absolute Gasteiger partial charge is 0.487 e. The van der Waals surface area contributed by atoms with E-state index < -0.39 is 5.60 Å². The molecule has 0 aliphatic heterocycles. The summed E-state index contributed by atoms with van der Waals surface area (Å²) >= 11 is 5.85. The molecule has 0 radical (unpaired) electrons. The fraction of sp³-hybridized carbons (Fsp3) is 0.316. The number of rotatable bonds is 7. The summed E-state index contributed by atoms with van der Waals surface area (Å²) in [6, 6.07) is 14.4. The Balaban J connectivity index is 1.96. The van der Waals surface area contributed by atoms with Gasteiger partial charge in [0.1, 0.15) is 22.8 Å². The molecule has 0 bridgehead atoms. The van der Waals surface area contributed by atoms with Crippen molar-refractivity contribution < 1.29 is 19.0 Å². The summed E-state index contributed by atoms with van der Waals surface area (Å²) < 4.78 is 16.6. The summed E-state index contributed by atoms with van der Waals surface area (Å²) in [7, 11) is 0. The van der Waals surface area contributed by atoms with Crippen molar-refractivity contribution in [2.45, 2.75) is 32.8 Å². The van der Waals surface area contributed by atoms with Gasteiger partial charge in [-0.05, 0) is 69.3 Å². The second-order valence-corrected chi connectivity index (χ2v) is 6.31. The van der Waals surface area contributed by atoms with Crippen LogP contribution in [0.15, 0.2) is 48.5 Å². The molecule has 4 nitrogen and oxygen atoms in total. The average molecular weight is 349 g/mol. The normalized spacial score (nSPS) is 11.0. The van der Waals surface area contributed by atoms with E-state index in [1.807, 2.05) is 26.0 Å². The Labute approximate surface area is 147 Å². The number of carbonyl (C=O) groups excluding carboxylic acids is 1. The Kier molecular flexibility index (Phi) is 6.10. The monoisotopic (exact) mass is 348 g/mol. The maximum Gasteiger partial charge on any atom is 0.309 e. The minimum Gasteiger partial charge on any atom is -0.487 e. The highest BCUT2D eigenvalue weighted by atomic mass is 35.5. The zero-order valence-corrected chi connectivity index (χ0v) is 14.8. The third kappa shape index (κ3) is 5.78. The lowest BCUT2D eigenvalue weighted by Crippen LogP contribution is -2.32. The van der Waals surface area contributed by atoms with Crippen LogP contribution >= 0.6 is 11.6 Å². The van der Waals surface area contributed by atoms with Gasteiger partial charge < -0.3 is 14.2 Å². The molecule has 0 unspecified atom stereocenters. The number of carbonyl (C=O) groups is 1. The van der Waals surface area contributed by atoms with Crippen LogP contribution in [0, 0.1) is 0 Å². The minimum atomic E-state index is -0.648. The molecule has 24 heavy (non-hydrogen) atoms. The quantitative estimate of drug-likeness (QED) is 0.641. The van der Waals surface area contributed by atoms with Crippen LogP contribution in [0.1, 0.15) is 27.2 Å². The topological polar surface area (TPSA) is 44.8 Å². The minimum absolute atomic E-state index is 0.184. The zero-order chi connectivity index (χ0) is 17.6. The SMILES string of the molecule is CCOC(=O)CC(C)(C)Oc1ccc(Oc2ccc(Cl)cc2)cc1. The van der Waals surface area contributed by atoms with Gasteiger partial charge in [0.05, 0.1) is 13.0 Å². The summed E-state index contributed by atoms with van der Waals surface area (Å²) in [4.78, 5) is 11.6. The van der Waals surface area contributed by atoms with Crippen LogP contribution in [0.25, 0.3) is 0 Å². The molecule has 0 heterocycles. The van der Waals surface area contributed by atoms with Gasteiger partial charge in [-0.15, -0.1) is 0 Å². The predicted molar refractivity (Wildman–Crippen MR) is 93.9 cm³/mol. The van der Waals surface area contributed by atoms with E-state index >= 15 is 0 Å². The highest BCUT2D eigenvalue weighted by Gasteiger charge is 2.24. The molecule has 128 valence electrons. The van der Waals surface area contributed by atoms with Gasteiger partial charge in [-0.25, -0.2) is 0 Å². The molecule has 2 aromatic carbocycles. The van der Waals surface area contributed by atoms with Crippen molar-refractivity contribution in [2.24, 2.45) is 0 Å². The molecule has 0 fully saturated rings. The van der Waals surface area contributed by atoms with E-state index in [0.717, 1.165) is 0 Å². The molecule has 0 N–H and O–H groups in total. The Morgan fingerprint density at radius 2 is 1.46 bits per heavy atom.